The van der Waals surface area contributed by atoms with Crippen LogP contribution in [0.1, 0.15) is 21.5 Å². The molecule has 0 unspecified atom stereocenters. The highest BCUT2D eigenvalue weighted by Crippen LogP contribution is 2.27. The Morgan fingerprint density at radius 1 is 1.25 bits per heavy atom. The quantitative estimate of drug-likeness (QED) is 0.921. The number of aryl methyl sites for hydroxylation is 1. The van der Waals surface area contributed by atoms with Crippen molar-refractivity contribution in [2.24, 2.45) is 0 Å². The van der Waals surface area contributed by atoms with Crippen LogP contribution in [0, 0.1) is 6.92 Å². The zero-order valence-corrected chi connectivity index (χ0v) is 14.4. The molecule has 3 rings (SSSR count). The Morgan fingerprint density at radius 3 is 2.71 bits per heavy atom. The Bertz CT molecular complexity index is 865. The zero-order chi connectivity index (χ0) is 17.3. The first-order valence-corrected chi connectivity index (χ1v) is 9.57. The molecular weight excluding hydrogens is 326 g/mol. The van der Waals surface area contributed by atoms with E-state index in [4.69, 9.17) is 4.74 Å². The molecule has 5 nitrogen and oxygen atoms in total. The molecule has 1 aliphatic heterocycles. The largest absolute Gasteiger partial charge is 0.488 e. The van der Waals surface area contributed by atoms with Crippen LogP contribution in [-0.2, 0) is 16.3 Å². The maximum atomic E-state index is 12.3. The van der Waals surface area contributed by atoms with Gasteiger partial charge in [-0.1, -0.05) is 24.3 Å². The minimum Gasteiger partial charge on any atom is -0.488 e. The molecule has 1 aliphatic rings. The lowest BCUT2D eigenvalue weighted by molar-refractivity contribution is 0.0933. The number of amides is 1. The van der Waals surface area contributed by atoms with Crippen LogP contribution < -0.4 is 10.1 Å². The van der Waals surface area contributed by atoms with E-state index < -0.39 is 9.84 Å². The standard InChI is InChI=1S/C18H19NO4S/c1-12-7-8-14(10-17(12)24(2,21)22)18(20)19-11-15-9-13-5-3-4-6-16(13)23-15/h3-8,10,15H,9,11H2,1-2H3,(H,19,20)/t15-/m1/s1. The molecule has 6 heteroatoms. The molecule has 2 aromatic carbocycles. The number of hydrogen-bond acceptors (Lipinski definition) is 4. The average Bonchev–Trinajstić information content (AvgIpc) is 2.94. The van der Waals surface area contributed by atoms with E-state index in [2.05, 4.69) is 5.32 Å². The van der Waals surface area contributed by atoms with Gasteiger partial charge in [0.25, 0.3) is 5.91 Å². The number of hydrogen-bond donors (Lipinski definition) is 1. The summed E-state index contributed by atoms with van der Waals surface area (Å²) >= 11 is 0. The Kier molecular flexibility index (Phi) is 4.32. The van der Waals surface area contributed by atoms with Gasteiger partial charge in [-0.05, 0) is 36.2 Å². The van der Waals surface area contributed by atoms with Crippen LogP contribution in [0.15, 0.2) is 47.4 Å². The van der Waals surface area contributed by atoms with Gasteiger partial charge in [-0.3, -0.25) is 4.79 Å². The summed E-state index contributed by atoms with van der Waals surface area (Å²) in [5.74, 6) is 0.547. The second kappa shape index (κ2) is 6.28. The normalized spacial score (nSPS) is 16.3. The van der Waals surface area contributed by atoms with Gasteiger partial charge in [0.05, 0.1) is 11.4 Å². The van der Waals surface area contributed by atoms with E-state index in [9.17, 15) is 13.2 Å². The molecule has 0 fully saturated rings. The first-order valence-electron chi connectivity index (χ1n) is 7.68. The Labute approximate surface area is 141 Å². The number of benzene rings is 2. The molecule has 0 aromatic heterocycles. The maximum Gasteiger partial charge on any atom is 0.251 e. The summed E-state index contributed by atoms with van der Waals surface area (Å²) in [5, 5.41) is 2.82. The van der Waals surface area contributed by atoms with Crippen molar-refractivity contribution in [1.29, 1.82) is 0 Å². The molecule has 0 saturated heterocycles. The fourth-order valence-corrected chi connectivity index (χ4v) is 3.81. The third-order valence-corrected chi connectivity index (χ3v) is 5.29. The third-order valence-electron chi connectivity index (χ3n) is 4.05. The van der Waals surface area contributed by atoms with Crippen molar-refractivity contribution in [1.82, 2.24) is 5.32 Å². The average molecular weight is 345 g/mol. The predicted octanol–water partition coefficient (Wildman–Crippen LogP) is 2.13. The number of fused-ring (bicyclic) bond motifs is 1. The second-order valence-corrected chi connectivity index (χ2v) is 8.00. The second-order valence-electron chi connectivity index (χ2n) is 6.01. The molecule has 2 aromatic rings. The third kappa shape index (κ3) is 3.43. The molecule has 126 valence electrons. The van der Waals surface area contributed by atoms with Gasteiger partial charge < -0.3 is 10.1 Å². The summed E-state index contributed by atoms with van der Waals surface area (Å²) in [4.78, 5) is 12.5. The van der Waals surface area contributed by atoms with Crippen LogP contribution >= 0.6 is 0 Å². The molecule has 1 amide bonds. The van der Waals surface area contributed by atoms with Gasteiger partial charge >= 0.3 is 0 Å². The van der Waals surface area contributed by atoms with Gasteiger partial charge in [0.2, 0.25) is 0 Å². The van der Waals surface area contributed by atoms with Gasteiger partial charge in [0, 0.05) is 18.2 Å². The van der Waals surface area contributed by atoms with Crippen molar-refractivity contribution in [3.63, 3.8) is 0 Å². The summed E-state index contributed by atoms with van der Waals surface area (Å²) in [6.07, 6.45) is 1.78. The number of rotatable bonds is 4. The number of ether oxygens (including phenoxy) is 1. The van der Waals surface area contributed by atoms with Gasteiger partial charge in [-0.25, -0.2) is 8.42 Å². The molecule has 0 bridgehead atoms. The molecule has 0 aliphatic carbocycles. The Hall–Kier alpha value is -2.34. The summed E-state index contributed by atoms with van der Waals surface area (Å²) in [6, 6.07) is 12.5. The number of para-hydroxylation sites is 1. The van der Waals surface area contributed by atoms with Gasteiger partial charge in [-0.2, -0.15) is 0 Å². The molecule has 1 N–H and O–H groups in total. The summed E-state index contributed by atoms with van der Waals surface area (Å²) in [5.41, 5.74) is 2.09. The van der Waals surface area contributed by atoms with Crippen LogP contribution in [0.25, 0.3) is 0 Å². The number of nitrogens with one attached hydrogen (secondary N) is 1. The number of carbonyl (C=O) groups excluding carboxylic acids is 1. The Morgan fingerprint density at radius 2 is 2.00 bits per heavy atom. The fourth-order valence-electron chi connectivity index (χ4n) is 2.82. The zero-order valence-electron chi connectivity index (χ0n) is 13.6. The Balaban J connectivity index is 1.66. The minimum atomic E-state index is -3.36. The van der Waals surface area contributed by atoms with E-state index in [-0.39, 0.29) is 16.9 Å². The molecular formula is C18H19NO4S. The molecule has 0 saturated carbocycles. The van der Waals surface area contributed by atoms with Gasteiger partial charge in [0.15, 0.2) is 9.84 Å². The van der Waals surface area contributed by atoms with E-state index in [1.807, 2.05) is 24.3 Å². The lowest BCUT2D eigenvalue weighted by Crippen LogP contribution is -2.34. The number of carbonyl (C=O) groups is 1. The number of sulfone groups is 1. The topological polar surface area (TPSA) is 72.5 Å². The summed E-state index contributed by atoms with van der Waals surface area (Å²) in [7, 11) is -3.36. The molecule has 24 heavy (non-hydrogen) atoms. The molecule has 1 atom stereocenters. The first kappa shape index (κ1) is 16.5. The fraction of sp³-hybridized carbons (Fsp3) is 0.278. The van der Waals surface area contributed by atoms with E-state index in [1.165, 1.54) is 6.07 Å². The van der Waals surface area contributed by atoms with Crippen molar-refractivity contribution in [2.45, 2.75) is 24.3 Å². The maximum absolute atomic E-state index is 12.3. The SMILES string of the molecule is Cc1ccc(C(=O)NC[C@H]2Cc3ccccc3O2)cc1S(C)(=O)=O. The highest BCUT2D eigenvalue weighted by atomic mass is 32.2. The van der Waals surface area contributed by atoms with Crippen molar-refractivity contribution in [2.75, 3.05) is 12.8 Å². The molecule has 1 heterocycles. The van der Waals surface area contributed by atoms with Crippen LogP contribution in [0.2, 0.25) is 0 Å². The van der Waals surface area contributed by atoms with Gasteiger partial charge in [0.1, 0.15) is 11.9 Å². The van der Waals surface area contributed by atoms with Crippen molar-refractivity contribution in [3.8, 4) is 5.75 Å². The summed E-state index contributed by atoms with van der Waals surface area (Å²) in [6.45, 7) is 2.08. The molecule has 0 spiro atoms. The van der Waals surface area contributed by atoms with Crippen LogP contribution in [0.3, 0.4) is 0 Å². The molecule has 0 radical (unpaired) electrons. The van der Waals surface area contributed by atoms with E-state index in [1.54, 1.807) is 19.1 Å². The summed E-state index contributed by atoms with van der Waals surface area (Å²) < 4.78 is 29.3. The monoisotopic (exact) mass is 345 g/mol. The van der Waals surface area contributed by atoms with Gasteiger partial charge in [-0.15, -0.1) is 0 Å². The smallest absolute Gasteiger partial charge is 0.251 e. The van der Waals surface area contributed by atoms with E-state index >= 15 is 0 Å². The van der Waals surface area contributed by atoms with Crippen LogP contribution in [0.4, 0.5) is 0 Å². The van der Waals surface area contributed by atoms with Crippen molar-refractivity contribution >= 4 is 15.7 Å². The lowest BCUT2D eigenvalue weighted by atomic mass is 10.1. The van der Waals surface area contributed by atoms with E-state index in [0.29, 0.717) is 17.7 Å². The van der Waals surface area contributed by atoms with Crippen LogP contribution in [0.5, 0.6) is 5.75 Å². The van der Waals surface area contributed by atoms with Crippen LogP contribution in [-0.4, -0.2) is 33.2 Å². The minimum absolute atomic E-state index is 0.105. The highest BCUT2D eigenvalue weighted by Gasteiger charge is 2.23. The lowest BCUT2D eigenvalue weighted by Gasteiger charge is -2.13. The van der Waals surface area contributed by atoms with Crippen molar-refractivity contribution < 1.29 is 17.9 Å². The predicted molar refractivity (Wildman–Crippen MR) is 91.2 cm³/mol. The van der Waals surface area contributed by atoms with Crippen molar-refractivity contribution in [3.05, 3.63) is 59.2 Å². The highest BCUT2D eigenvalue weighted by molar-refractivity contribution is 7.90. The first-order chi connectivity index (χ1) is 11.3. The van der Waals surface area contributed by atoms with E-state index in [0.717, 1.165) is 24.0 Å².